The Bertz CT molecular complexity index is 1270. The van der Waals surface area contributed by atoms with E-state index in [1.807, 2.05) is 67.0 Å². The summed E-state index contributed by atoms with van der Waals surface area (Å²) in [6, 6.07) is 22.6. The molecule has 0 aliphatic rings. The van der Waals surface area contributed by atoms with Gasteiger partial charge in [-0.3, -0.25) is 4.79 Å². The van der Waals surface area contributed by atoms with Crippen LogP contribution in [0.2, 0.25) is 0 Å². The highest BCUT2D eigenvalue weighted by Crippen LogP contribution is 2.29. The Labute approximate surface area is 190 Å². The van der Waals surface area contributed by atoms with E-state index in [0.29, 0.717) is 23.6 Å². The second-order valence-electron chi connectivity index (χ2n) is 6.77. The van der Waals surface area contributed by atoms with Crippen LogP contribution in [-0.4, -0.2) is 22.3 Å². The molecule has 0 aliphatic carbocycles. The molecule has 6 nitrogen and oxygen atoms in total. The van der Waals surface area contributed by atoms with Crippen molar-refractivity contribution in [1.82, 2.24) is 9.78 Å². The third-order valence-corrected chi connectivity index (χ3v) is 5.48. The molecule has 4 aromatic rings. The SMILES string of the molecule is CCOc1ccc(NC(=O)/C(C#N)=C/c2cn(-c3ccccc3)nc2-c2cccs2)cc1. The summed E-state index contributed by atoms with van der Waals surface area (Å²) >= 11 is 1.55. The largest absolute Gasteiger partial charge is 0.494 e. The molecule has 2 aromatic carbocycles. The zero-order valence-corrected chi connectivity index (χ0v) is 18.2. The Morgan fingerprint density at radius 3 is 2.59 bits per heavy atom. The fourth-order valence-electron chi connectivity index (χ4n) is 3.11. The van der Waals surface area contributed by atoms with Crippen LogP contribution in [0.5, 0.6) is 5.75 Å². The van der Waals surface area contributed by atoms with Gasteiger partial charge in [0.05, 0.1) is 17.2 Å². The molecule has 32 heavy (non-hydrogen) atoms. The van der Waals surface area contributed by atoms with E-state index in [9.17, 15) is 10.1 Å². The average molecular weight is 441 g/mol. The number of para-hydroxylation sites is 1. The fourth-order valence-corrected chi connectivity index (χ4v) is 3.85. The predicted molar refractivity (Wildman–Crippen MR) is 127 cm³/mol. The number of thiophene rings is 1. The van der Waals surface area contributed by atoms with Crippen molar-refractivity contribution in [2.75, 3.05) is 11.9 Å². The van der Waals surface area contributed by atoms with Gasteiger partial charge in [0, 0.05) is 17.4 Å². The maximum Gasteiger partial charge on any atom is 0.266 e. The number of benzene rings is 2. The molecule has 2 heterocycles. The second kappa shape index (κ2) is 9.77. The molecule has 1 amide bonds. The van der Waals surface area contributed by atoms with Gasteiger partial charge < -0.3 is 10.1 Å². The molecular weight excluding hydrogens is 420 g/mol. The van der Waals surface area contributed by atoms with E-state index < -0.39 is 5.91 Å². The fraction of sp³-hybridized carbons (Fsp3) is 0.0800. The van der Waals surface area contributed by atoms with Crippen LogP contribution in [0.15, 0.2) is 83.9 Å². The summed E-state index contributed by atoms with van der Waals surface area (Å²) in [5, 5.41) is 19.1. The van der Waals surface area contributed by atoms with Crippen molar-refractivity contribution in [1.29, 1.82) is 5.26 Å². The van der Waals surface area contributed by atoms with Crippen molar-refractivity contribution in [3.8, 4) is 28.1 Å². The van der Waals surface area contributed by atoms with E-state index in [-0.39, 0.29) is 5.57 Å². The van der Waals surface area contributed by atoms with Crippen LogP contribution >= 0.6 is 11.3 Å². The summed E-state index contributed by atoms with van der Waals surface area (Å²) < 4.78 is 7.17. The molecule has 0 atom stereocenters. The van der Waals surface area contributed by atoms with Crippen molar-refractivity contribution >= 4 is 29.0 Å². The first kappa shape index (κ1) is 21.1. The van der Waals surface area contributed by atoms with Crippen molar-refractivity contribution in [3.63, 3.8) is 0 Å². The number of anilines is 1. The summed E-state index contributed by atoms with van der Waals surface area (Å²) in [5.41, 5.74) is 2.87. The van der Waals surface area contributed by atoms with Crippen LogP contribution in [0.4, 0.5) is 5.69 Å². The molecule has 0 aliphatic heterocycles. The molecule has 7 heteroatoms. The van der Waals surface area contributed by atoms with Gasteiger partial charge >= 0.3 is 0 Å². The monoisotopic (exact) mass is 440 g/mol. The molecule has 1 N–H and O–H groups in total. The minimum absolute atomic E-state index is 0.00991. The number of nitriles is 1. The average Bonchev–Trinajstić information content (AvgIpc) is 3.49. The van der Waals surface area contributed by atoms with Crippen LogP contribution in [0.1, 0.15) is 12.5 Å². The topological polar surface area (TPSA) is 79.9 Å². The van der Waals surface area contributed by atoms with Gasteiger partial charge in [-0.1, -0.05) is 24.3 Å². The first-order chi connectivity index (χ1) is 15.7. The quantitative estimate of drug-likeness (QED) is 0.302. The maximum absolute atomic E-state index is 12.8. The first-order valence-electron chi connectivity index (χ1n) is 10.0. The summed E-state index contributed by atoms with van der Waals surface area (Å²) in [7, 11) is 0. The van der Waals surface area contributed by atoms with Crippen LogP contribution < -0.4 is 10.1 Å². The van der Waals surface area contributed by atoms with E-state index in [4.69, 9.17) is 9.84 Å². The van der Waals surface area contributed by atoms with Crippen molar-refractivity contribution < 1.29 is 9.53 Å². The molecule has 0 radical (unpaired) electrons. The van der Waals surface area contributed by atoms with E-state index in [1.54, 1.807) is 46.4 Å². The Kier molecular flexibility index (Phi) is 6.44. The van der Waals surface area contributed by atoms with Crippen LogP contribution in [0.3, 0.4) is 0 Å². The van der Waals surface area contributed by atoms with Crippen molar-refractivity contribution in [3.05, 3.63) is 89.4 Å². The third-order valence-electron chi connectivity index (χ3n) is 4.61. The van der Waals surface area contributed by atoms with Gasteiger partial charge in [0.1, 0.15) is 23.1 Å². The summed E-state index contributed by atoms with van der Waals surface area (Å²) in [4.78, 5) is 13.7. The molecule has 0 fully saturated rings. The van der Waals surface area contributed by atoms with Crippen molar-refractivity contribution in [2.45, 2.75) is 6.92 Å². The lowest BCUT2D eigenvalue weighted by Crippen LogP contribution is -2.13. The van der Waals surface area contributed by atoms with Crippen LogP contribution in [-0.2, 0) is 4.79 Å². The lowest BCUT2D eigenvalue weighted by Gasteiger charge is -2.06. The molecule has 0 saturated heterocycles. The smallest absolute Gasteiger partial charge is 0.266 e. The standard InChI is InChI=1S/C25H20N4O2S/c1-2-31-22-12-10-20(11-13-22)27-25(30)18(16-26)15-19-17-29(21-7-4-3-5-8-21)28-24(19)23-9-6-14-32-23/h3-15,17H,2H2,1H3,(H,27,30)/b18-15+. The van der Waals surface area contributed by atoms with Gasteiger partial charge in [-0.25, -0.2) is 4.68 Å². The number of hydrogen-bond donors (Lipinski definition) is 1. The van der Waals surface area contributed by atoms with Crippen molar-refractivity contribution in [2.24, 2.45) is 0 Å². The van der Waals surface area contributed by atoms with E-state index in [0.717, 1.165) is 16.3 Å². The Balaban J connectivity index is 1.65. The minimum Gasteiger partial charge on any atom is -0.494 e. The zero-order valence-electron chi connectivity index (χ0n) is 17.4. The molecule has 4 rings (SSSR count). The van der Waals surface area contributed by atoms with E-state index in [2.05, 4.69) is 5.32 Å². The molecule has 0 unspecified atom stereocenters. The Morgan fingerprint density at radius 2 is 1.94 bits per heavy atom. The second-order valence-corrected chi connectivity index (χ2v) is 7.72. The highest BCUT2D eigenvalue weighted by Gasteiger charge is 2.16. The van der Waals surface area contributed by atoms with Gasteiger partial charge in [0.25, 0.3) is 5.91 Å². The van der Waals surface area contributed by atoms with Gasteiger partial charge in [-0.2, -0.15) is 10.4 Å². The number of carbonyl (C=O) groups excluding carboxylic acids is 1. The van der Waals surface area contributed by atoms with E-state index in [1.165, 1.54) is 0 Å². The lowest BCUT2D eigenvalue weighted by molar-refractivity contribution is -0.112. The number of nitrogens with one attached hydrogen (secondary N) is 1. The molecule has 2 aromatic heterocycles. The Morgan fingerprint density at radius 1 is 1.16 bits per heavy atom. The van der Waals surface area contributed by atoms with Gasteiger partial charge in [0.15, 0.2) is 0 Å². The lowest BCUT2D eigenvalue weighted by atomic mass is 10.1. The van der Waals surface area contributed by atoms with Gasteiger partial charge in [0.2, 0.25) is 0 Å². The number of carbonyl (C=O) groups is 1. The van der Waals surface area contributed by atoms with Crippen LogP contribution in [0.25, 0.3) is 22.3 Å². The highest BCUT2D eigenvalue weighted by atomic mass is 32.1. The number of aromatic nitrogens is 2. The number of ether oxygens (including phenoxy) is 1. The molecule has 158 valence electrons. The zero-order chi connectivity index (χ0) is 22.3. The molecule has 0 bridgehead atoms. The van der Waals surface area contributed by atoms with E-state index >= 15 is 0 Å². The number of amides is 1. The normalized spacial score (nSPS) is 11.1. The minimum atomic E-state index is -0.485. The maximum atomic E-state index is 12.8. The molecule has 0 saturated carbocycles. The first-order valence-corrected chi connectivity index (χ1v) is 10.9. The third kappa shape index (κ3) is 4.77. The van der Waals surface area contributed by atoms with Crippen LogP contribution in [0, 0.1) is 11.3 Å². The molecule has 0 spiro atoms. The molecular formula is C25H20N4O2S. The number of nitrogens with zero attached hydrogens (tertiary/aromatic N) is 3. The summed E-state index contributed by atoms with van der Waals surface area (Å²) in [6.07, 6.45) is 3.40. The summed E-state index contributed by atoms with van der Waals surface area (Å²) in [6.45, 7) is 2.47. The highest BCUT2D eigenvalue weighted by molar-refractivity contribution is 7.13. The summed E-state index contributed by atoms with van der Waals surface area (Å²) in [5.74, 6) is 0.233. The van der Waals surface area contributed by atoms with Gasteiger partial charge in [-0.05, 0) is 60.8 Å². The predicted octanol–water partition coefficient (Wildman–Crippen LogP) is 5.55. The number of hydrogen-bond acceptors (Lipinski definition) is 5. The Hall–Kier alpha value is -4.15. The number of rotatable bonds is 7. The van der Waals surface area contributed by atoms with Gasteiger partial charge in [-0.15, -0.1) is 11.3 Å².